The van der Waals surface area contributed by atoms with Crippen LogP contribution in [0.25, 0.3) is 0 Å². The van der Waals surface area contributed by atoms with Gasteiger partial charge in [0.15, 0.2) is 0 Å². The zero-order valence-electron chi connectivity index (χ0n) is 10.00. The van der Waals surface area contributed by atoms with Gasteiger partial charge in [0.25, 0.3) is 11.2 Å². The normalized spacial score (nSPS) is 10.4. The number of benzene rings is 1. The molecule has 2 rings (SSSR count). The summed E-state index contributed by atoms with van der Waals surface area (Å²) in [7, 11) is 0. The number of aromatic nitrogens is 2. The molecule has 2 aromatic rings. The van der Waals surface area contributed by atoms with Gasteiger partial charge in [0.2, 0.25) is 5.82 Å². The zero-order chi connectivity index (χ0) is 14.9. The summed E-state index contributed by atoms with van der Waals surface area (Å²) in [5.74, 6) is -1.13. The number of H-pyrrole nitrogens is 1. The Morgan fingerprint density at radius 2 is 2.10 bits per heavy atom. The molecule has 3 N–H and O–H groups in total. The molecule has 0 radical (unpaired) electrons. The number of nitrogens with zero attached hydrogens (tertiary/aromatic N) is 2. The van der Waals surface area contributed by atoms with Crippen LogP contribution in [0, 0.1) is 15.9 Å². The van der Waals surface area contributed by atoms with Gasteiger partial charge in [-0.3, -0.25) is 24.5 Å². The molecule has 0 spiro atoms. The lowest BCUT2D eigenvalue weighted by atomic mass is 10.1. The van der Waals surface area contributed by atoms with Gasteiger partial charge in [-0.25, -0.2) is 4.79 Å². The Hall–Kier alpha value is -2.97. The van der Waals surface area contributed by atoms with Crippen LogP contribution in [0.15, 0.2) is 34.0 Å². The number of hydrogen-bond acceptors (Lipinski definition) is 5. The number of nitrogen functional groups attached to an aromatic ring is 1. The molecular weight excluding hydrogens is 271 g/mol. The van der Waals surface area contributed by atoms with Crippen LogP contribution in [-0.4, -0.2) is 14.5 Å². The first-order valence-electron chi connectivity index (χ1n) is 5.40. The fraction of sp³-hybridized carbons (Fsp3) is 0.0909. The summed E-state index contributed by atoms with van der Waals surface area (Å²) in [5, 5.41) is 10.7. The van der Waals surface area contributed by atoms with Crippen molar-refractivity contribution in [3.8, 4) is 0 Å². The number of nitro benzene ring substituents is 1. The molecule has 0 bridgehead atoms. The molecule has 0 saturated carbocycles. The second-order valence-corrected chi connectivity index (χ2v) is 4.00. The molecule has 0 aliphatic carbocycles. The van der Waals surface area contributed by atoms with Gasteiger partial charge in [0, 0.05) is 23.4 Å². The zero-order valence-corrected chi connectivity index (χ0v) is 10.00. The van der Waals surface area contributed by atoms with Crippen LogP contribution in [0.4, 0.5) is 15.8 Å². The van der Waals surface area contributed by atoms with Crippen molar-refractivity contribution in [1.29, 1.82) is 0 Å². The lowest BCUT2D eigenvalue weighted by Crippen LogP contribution is -2.31. The van der Waals surface area contributed by atoms with E-state index in [4.69, 9.17) is 5.73 Å². The number of nitrogens with one attached hydrogen (secondary N) is 1. The van der Waals surface area contributed by atoms with Gasteiger partial charge in [0.05, 0.1) is 17.7 Å². The van der Waals surface area contributed by atoms with E-state index in [-0.39, 0.29) is 23.5 Å². The van der Waals surface area contributed by atoms with Crippen molar-refractivity contribution >= 4 is 11.4 Å². The number of non-ortho nitro benzene ring substituents is 1. The van der Waals surface area contributed by atoms with Crippen LogP contribution >= 0.6 is 0 Å². The number of anilines is 1. The Morgan fingerprint density at radius 3 is 2.75 bits per heavy atom. The Bertz CT molecular complexity index is 796. The third-order valence-electron chi connectivity index (χ3n) is 2.65. The Morgan fingerprint density at radius 1 is 1.40 bits per heavy atom. The number of aromatic amines is 1. The third kappa shape index (κ3) is 2.55. The van der Waals surface area contributed by atoms with E-state index in [9.17, 15) is 24.1 Å². The minimum absolute atomic E-state index is 0.194. The fourth-order valence-corrected chi connectivity index (χ4v) is 1.63. The van der Waals surface area contributed by atoms with Gasteiger partial charge in [-0.15, -0.1) is 0 Å². The molecule has 0 aliphatic heterocycles. The van der Waals surface area contributed by atoms with Crippen molar-refractivity contribution in [2.45, 2.75) is 6.54 Å². The number of hydrogen-bond donors (Lipinski definition) is 2. The van der Waals surface area contributed by atoms with Crippen molar-refractivity contribution in [2.24, 2.45) is 0 Å². The van der Waals surface area contributed by atoms with Gasteiger partial charge in [-0.05, 0) is 6.07 Å². The van der Waals surface area contributed by atoms with E-state index in [0.717, 1.165) is 10.8 Å². The van der Waals surface area contributed by atoms with Crippen molar-refractivity contribution in [3.63, 3.8) is 0 Å². The third-order valence-corrected chi connectivity index (χ3v) is 2.65. The van der Waals surface area contributed by atoms with Crippen molar-refractivity contribution in [1.82, 2.24) is 9.55 Å². The highest BCUT2D eigenvalue weighted by Gasteiger charge is 2.11. The average molecular weight is 280 g/mol. The van der Waals surface area contributed by atoms with Crippen molar-refractivity contribution < 1.29 is 9.31 Å². The van der Waals surface area contributed by atoms with Crippen LogP contribution in [-0.2, 0) is 6.54 Å². The molecule has 20 heavy (non-hydrogen) atoms. The van der Waals surface area contributed by atoms with Crippen LogP contribution in [0.2, 0.25) is 0 Å². The monoisotopic (exact) mass is 280 g/mol. The quantitative estimate of drug-likeness (QED) is 0.472. The number of nitro groups is 1. The fourth-order valence-electron chi connectivity index (χ4n) is 1.63. The lowest BCUT2D eigenvalue weighted by molar-refractivity contribution is -0.384. The van der Waals surface area contributed by atoms with Gasteiger partial charge in [0.1, 0.15) is 0 Å². The van der Waals surface area contributed by atoms with E-state index in [1.54, 1.807) is 4.98 Å². The van der Waals surface area contributed by atoms with E-state index in [1.165, 1.54) is 18.2 Å². The van der Waals surface area contributed by atoms with Crippen LogP contribution < -0.4 is 17.0 Å². The maximum atomic E-state index is 13.1. The van der Waals surface area contributed by atoms with E-state index in [1.807, 2.05) is 0 Å². The van der Waals surface area contributed by atoms with E-state index < -0.39 is 22.0 Å². The highest BCUT2D eigenvalue weighted by molar-refractivity contribution is 5.52. The Balaban J connectivity index is 2.47. The summed E-state index contributed by atoms with van der Waals surface area (Å²) in [5.41, 5.74) is 3.98. The first-order chi connectivity index (χ1) is 9.38. The highest BCUT2D eigenvalue weighted by Crippen LogP contribution is 2.20. The van der Waals surface area contributed by atoms with Gasteiger partial charge < -0.3 is 5.73 Å². The number of nitrogens with two attached hydrogens (primary N) is 1. The molecule has 104 valence electrons. The second-order valence-electron chi connectivity index (χ2n) is 4.00. The van der Waals surface area contributed by atoms with E-state index in [2.05, 4.69) is 0 Å². The molecule has 0 saturated heterocycles. The first-order valence-corrected chi connectivity index (χ1v) is 5.40. The second kappa shape index (κ2) is 4.96. The molecule has 0 fully saturated rings. The predicted octanol–water partition coefficient (Wildman–Crippen LogP) is 0.214. The molecule has 0 unspecified atom stereocenters. The van der Waals surface area contributed by atoms with E-state index in [0.29, 0.717) is 0 Å². The largest absolute Gasteiger partial charge is 0.398 e. The maximum Gasteiger partial charge on any atom is 0.328 e. The molecule has 1 aromatic carbocycles. The minimum atomic E-state index is -1.13. The maximum absolute atomic E-state index is 13.1. The summed E-state index contributed by atoms with van der Waals surface area (Å²) in [4.78, 5) is 34.2. The van der Waals surface area contributed by atoms with Gasteiger partial charge >= 0.3 is 5.69 Å². The smallest absolute Gasteiger partial charge is 0.328 e. The molecule has 1 heterocycles. The molecule has 0 aliphatic rings. The summed E-state index contributed by atoms with van der Waals surface area (Å²) < 4.78 is 14.0. The molecule has 8 nitrogen and oxygen atoms in total. The first kappa shape index (κ1) is 13.5. The molecular formula is C11H9FN4O4. The minimum Gasteiger partial charge on any atom is -0.398 e. The summed E-state index contributed by atoms with van der Waals surface area (Å²) >= 11 is 0. The Labute approximate surface area is 110 Å². The summed E-state index contributed by atoms with van der Waals surface area (Å²) in [6.45, 7) is -0.194. The van der Waals surface area contributed by atoms with E-state index >= 15 is 0 Å². The summed E-state index contributed by atoms with van der Waals surface area (Å²) in [6.07, 6.45) is 0.722. The Kier molecular flexibility index (Phi) is 3.34. The molecule has 9 heteroatoms. The highest BCUT2D eigenvalue weighted by atomic mass is 19.1. The number of rotatable bonds is 3. The molecule has 1 aromatic heterocycles. The molecule has 0 atom stereocenters. The average Bonchev–Trinajstić information content (AvgIpc) is 2.38. The van der Waals surface area contributed by atoms with Gasteiger partial charge in [-0.1, -0.05) is 0 Å². The van der Waals surface area contributed by atoms with Gasteiger partial charge in [-0.2, -0.15) is 4.39 Å². The van der Waals surface area contributed by atoms with Crippen molar-refractivity contribution in [2.75, 3.05) is 5.73 Å². The summed E-state index contributed by atoms with van der Waals surface area (Å²) in [6, 6.07) is 3.72. The van der Waals surface area contributed by atoms with Crippen molar-refractivity contribution in [3.05, 3.63) is 66.7 Å². The topological polar surface area (TPSA) is 124 Å². The predicted molar refractivity (Wildman–Crippen MR) is 67.9 cm³/mol. The van der Waals surface area contributed by atoms with Crippen LogP contribution in [0.3, 0.4) is 0 Å². The standard InChI is InChI=1S/C11H9FN4O4/c12-8-5-15(11(18)14-10(8)17)4-6-3-7(16(19)20)1-2-9(6)13/h1-3,5H,4,13H2,(H,14,17,18). The molecule has 0 amide bonds. The SMILES string of the molecule is Nc1ccc([N+](=O)[O-])cc1Cn1cc(F)c(=O)[nH]c1=O. The lowest BCUT2D eigenvalue weighted by Gasteiger charge is -2.07. The number of halogens is 1. The van der Waals surface area contributed by atoms with Crippen LogP contribution in [0.5, 0.6) is 0 Å². The van der Waals surface area contributed by atoms with Crippen LogP contribution in [0.1, 0.15) is 5.56 Å².